The molecule has 0 saturated heterocycles. The van der Waals surface area contributed by atoms with Gasteiger partial charge in [-0.25, -0.2) is 0 Å². The number of hydrogen-bond acceptors (Lipinski definition) is 2. The van der Waals surface area contributed by atoms with Crippen LogP contribution in [0.5, 0.6) is 0 Å². The summed E-state index contributed by atoms with van der Waals surface area (Å²) in [6, 6.07) is 0. The maximum absolute atomic E-state index is 11.7. The Morgan fingerprint density at radius 3 is 1.95 bits per heavy atom. The van der Waals surface area contributed by atoms with Crippen LogP contribution >= 0.6 is 0 Å². The van der Waals surface area contributed by atoms with E-state index in [0.717, 1.165) is 19.3 Å². The van der Waals surface area contributed by atoms with E-state index < -0.39 is 0 Å². The van der Waals surface area contributed by atoms with Crippen molar-refractivity contribution in [2.24, 2.45) is 0 Å². The molecule has 1 radical (unpaired) electrons. The largest absolute Gasteiger partial charge is 0.462 e. The minimum absolute atomic E-state index is 0. The fourth-order valence-corrected chi connectivity index (χ4v) is 3.01. The summed E-state index contributed by atoms with van der Waals surface area (Å²) < 4.78 is 5.52. The maximum atomic E-state index is 11.7. The average Bonchev–Trinajstić information content (AvgIpc) is 2.46. The molecular weight excluding hydrogens is 356 g/mol. The molecule has 1 aliphatic carbocycles. The van der Waals surface area contributed by atoms with Crippen molar-refractivity contribution in [3.63, 3.8) is 0 Å². The van der Waals surface area contributed by atoms with Gasteiger partial charge in [-0.05, 0) is 32.1 Å². The first-order valence-electron chi connectivity index (χ1n) is 9.02. The number of ether oxygens (including phenoxy) is 1. The molecule has 1 saturated carbocycles. The first-order valence-corrected chi connectivity index (χ1v) is 9.02. The third-order valence-electron chi connectivity index (χ3n) is 4.33. The van der Waals surface area contributed by atoms with Crippen molar-refractivity contribution >= 4 is 5.97 Å². The summed E-state index contributed by atoms with van der Waals surface area (Å²) in [5.41, 5.74) is 0. The van der Waals surface area contributed by atoms with Crippen molar-refractivity contribution in [1.82, 2.24) is 0 Å². The van der Waals surface area contributed by atoms with Crippen LogP contribution in [0.1, 0.15) is 103 Å². The van der Waals surface area contributed by atoms with Gasteiger partial charge in [0.2, 0.25) is 0 Å². The fourth-order valence-electron chi connectivity index (χ4n) is 3.01. The van der Waals surface area contributed by atoms with E-state index in [2.05, 4.69) is 6.92 Å². The van der Waals surface area contributed by atoms with Gasteiger partial charge in [0.1, 0.15) is 6.10 Å². The number of esters is 1. The standard InChI is InChI=1S/C18H34O2.Ag/c1-2-3-4-5-6-7-8-9-13-16-18(19)20-17-14-11-10-12-15-17;/h17H,2-16H2,1H3;. The summed E-state index contributed by atoms with van der Waals surface area (Å²) in [5, 5.41) is 0. The molecule has 3 heteroatoms. The van der Waals surface area contributed by atoms with E-state index >= 15 is 0 Å². The third kappa shape index (κ3) is 12.4. The van der Waals surface area contributed by atoms with Crippen LogP contribution in [-0.2, 0) is 31.9 Å². The van der Waals surface area contributed by atoms with E-state index in [4.69, 9.17) is 4.74 Å². The van der Waals surface area contributed by atoms with Crippen molar-refractivity contribution in [3.05, 3.63) is 0 Å². The van der Waals surface area contributed by atoms with Gasteiger partial charge in [0.05, 0.1) is 0 Å². The third-order valence-corrected chi connectivity index (χ3v) is 4.33. The molecule has 0 aromatic carbocycles. The van der Waals surface area contributed by atoms with Crippen LogP contribution in [0, 0.1) is 0 Å². The molecular formula is C18H34AgO2. The van der Waals surface area contributed by atoms with Gasteiger partial charge in [-0.2, -0.15) is 0 Å². The second-order valence-corrected chi connectivity index (χ2v) is 6.33. The van der Waals surface area contributed by atoms with Crippen LogP contribution < -0.4 is 0 Å². The van der Waals surface area contributed by atoms with Crippen LogP contribution in [0.3, 0.4) is 0 Å². The molecule has 0 N–H and O–H groups in total. The Balaban J connectivity index is 0.00000400. The van der Waals surface area contributed by atoms with Crippen molar-refractivity contribution in [2.75, 3.05) is 0 Å². The zero-order valence-corrected chi connectivity index (χ0v) is 15.3. The zero-order chi connectivity index (χ0) is 14.5. The second kappa shape index (κ2) is 15.1. The van der Waals surface area contributed by atoms with Crippen LogP contribution in [0.2, 0.25) is 0 Å². The number of hydrogen-bond donors (Lipinski definition) is 0. The molecule has 129 valence electrons. The molecule has 0 aromatic heterocycles. The van der Waals surface area contributed by atoms with Crippen molar-refractivity contribution in [2.45, 2.75) is 109 Å². The normalized spacial score (nSPS) is 15.5. The van der Waals surface area contributed by atoms with Gasteiger partial charge < -0.3 is 4.74 Å². The number of unbranched alkanes of at least 4 members (excludes halogenated alkanes) is 8. The summed E-state index contributed by atoms with van der Waals surface area (Å²) in [6.45, 7) is 2.26. The van der Waals surface area contributed by atoms with Crippen molar-refractivity contribution < 1.29 is 31.9 Å². The Bertz CT molecular complexity index is 237. The molecule has 0 spiro atoms. The Labute approximate surface area is 147 Å². The monoisotopic (exact) mass is 389 g/mol. The van der Waals surface area contributed by atoms with E-state index in [1.54, 1.807) is 0 Å². The van der Waals surface area contributed by atoms with E-state index in [0.29, 0.717) is 6.42 Å². The first-order chi connectivity index (χ1) is 9.83. The average molecular weight is 390 g/mol. The second-order valence-electron chi connectivity index (χ2n) is 6.33. The Kier molecular flexibility index (Phi) is 15.3. The van der Waals surface area contributed by atoms with E-state index in [-0.39, 0.29) is 34.5 Å². The van der Waals surface area contributed by atoms with E-state index in [1.165, 1.54) is 70.6 Å². The summed E-state index contributed by atoms with van der Waals surface area (Å²) in [4.78, 5) is 11.7. The van der Waals surface area contributed by atoms with Crippen LogP contribution in [0.15, 0.2) is 0 Å². The molecule has 1 fully saturated rings. The molecule has 21 heavy (non-hydrogen) atoms. The molecule has 0 amide bonds. The summed E-state index contributed by atoms with van der Waals surface area (Å²) in [7, 11) is 0. The molecule has 1 aliphatic rings. The van der Waals surface area contributed by atoms with Gasteiger partial charge in [0, 0.05) is 28.8 Å². The first kappa shape index (κ1) is 21.2. The quantitative estimate of drug-likeness (QED) is 0.254. The van der Waals surface area contributed by atoms with Gasteiger partial charge >= 0.3 is 5.97 Å². The molecule has 1 rings (SSSR count). The fraction of sp³-hybridized carbons (Fsp3) is 0.944. The summed E-state index contributed by atoms with van der Waals surface area (Å²) >= 11 is 0. The maximum Gasteiger partial charge on any atom is 0.306 e. The number of carbonyl (C=O) groups is 1. The minimum Gasteiger partial charge on any atom is -0.462 e. The SMILES string of the molecule is CCCCCCCCCCCC(=O)OC1CCCCC1.[Ag]. The molecule has 2 nitrogen and oxygen atoms in total. The van der Waals surface area contributed by atoms with Crippen LogP contribution in [0.4, 0.5) is 0 Å². The van der Waals surface area contributed by atoms with Crippen LogP contribution in [-0.4, -0.2) is 12.1 Å². The molecule has 0 bridgehead atoms. The van der Waals surface area contributed by atoms with Gasteiger partial charge in [-0.3, -0.25) is 4.79 Å². The molecule has 0 unspecified atom stereocenters. The van der Waals surface area contributed by atoms with Gasteiger partial charge in [0.15, 0.2) is 0 Å². The summed E-state index contributed by atoms with van der Waals surface area (Å²) in [6.07, 6.45) is 18.5. The topological polar surface area (TPSA) is 26.3 Å². The predicted octanol–water partition coefficient (Wildman–Crippen LogP) is 5.78. The van der Waals surface area contributed by atoms with E-state index in [9.17, 15) is 4.79 Å². The molecule has 0 heterocycles. The molecule has 0 aliphatic heterocycles. The molecule has 0 atom stereocenters. The number of carbonyl (C=O) groups excluding carboxylic acids is 1. The van der Waals surface area contributed by atoms with Gasteiger partial charge in [-0.1, -0.05) is 64.7 Å². The Morgan fingerprint density at radius 1 is 0.857 bits per heavy atom. The van der Waals surface area contributed by atoms with Gasteiger partial charge in [-0.15, -0.1) is 0 Å². The minimum atomic E-state index is 0. The predicted molar refractivity (Wildman–Crippen MR) is 84.8 cm³/mol. The number of rotatable bonds is 11. The van der Waals surface area contributed by atoms with Crippen molar-refractivity contribution in [1.29, 1.82) is 0 Å². The molecule has 0 aromatic rings. The van der Waals surface area contributed by atoms with Gasteiger partial charge in [0.25, 0.3) is 0 Å². The Hall–Kier alpha value is 0.210. The van der Waals surface area contributed by atoms with Crippen LogP contribution in [0.25, 0.3) is 0 Å². The Morgan fingerprint density at radius 2 is 1.38 bits per heavy atom. The smallest absolute Gasteiger partial charge is 0.306 e. The summed E-state index contributed by atoms with van der Waals surface area (Å²) in [5.74, 6) is 0.0415. The van der Waals surface area contributed by atoms with Crippen molar-refractivity contribution in [3.8, 4) is 0 Å². The zero-order valence-electron chi connectivity index (χ0n) is 13.8. The van der Waals surface area contributed by atoms with E-state index in [1.807, 2.05) is 0 Å².